The summed E-state index contributed by atoms with van der Waals surface area (Å²) < 4.78 is 42.6. The number of ether oxygens (including phenoxy) is 3. The standard InChI is InChI=1S/C20H23NO7S/c1-13(2)21-29(24,25)19-11-15(8-9-18(19)27-4)20(23)28-12-17(22)14-6-5-7-16(10-14)26-3/h5-11,13,21H,12H2,1-4H3. The largest absolute Gasteiger partial charge is 0.497 e. The average Bonchev–Trinajstić information content (AvgIpc) is 2.70. The van der Waals surface area contributed by atoms with Gasteiger partial charge in [-0.25, -0.2) is 17.9 Å². The van der Waals surface area contributed by atoms with Crippen molar-refractivity contribution in [2.45, 2.75) is 24.8 Å². The van der Waals surface area contributed by atoms with Crippen molar-refractivity contribution < 1.29 is 32.2 Å². The van der Waals surface area contributed by atoms with Crippen LogP contribution in [0.1, 0.15) is 34.6 Å². The van der Waals surface area contributed by atoms with Crippen LogP contribution in [0.5, 0.6) is 11.5 Å². The fourth-order valence-corrected chi connectivity index (χ4v) is 3.93. The van der Waals surface area contributed by atoms with Crippen molar-refractivity contribution >= 4 is 21.8 Å². The van der Waals surface area contributed by atoms with Gasteiger partial charge in [0, 0.05) is 11.6 Å². The maximum atomic E-state index is 12.5. The van der Waals surface area contributed by atoms with E-state index in [4.69, 9.17) is 14.2 Å². The van der Waals surface area contributed by atoms with E-state index in [0.29, 0.717) is 11.3 Å². The molecular formula is C20H23NO7S. The second kappa shape index (κ2) is 9.53. The molecule has 0 aliphatic rings. The number of benzene rings is 2. The highest BCUT2D eigenvalue weighted by atomic mass is 32.2. The summed E-state index contributed by atoms with van der Waals surface area (Å²) in [7, 11) is -1.10. The molecule has 8 nitrogen and oxygen atoms in total. The number of sulfonamides is 1. The van der Waals surface area contributed by atoms with E-state index in [-0.39, 0.29) is 22.3 Å². The molecule has 0 saturated heterocycles. The van der Waals surface area contributed by atoms with Crippen LogP contribution in [0.25, 0.3) is 0 Å². The molecule has 0 atom stereocenters. The number of methoxy groups -OCH3 is 2. The van der Waals surface area contributed by atoms with E-state index in [1.54, 1.807) is 32.0 Å². The van der Waals surface area contributed by atoms with Crippen LogP contribution in [0.2, 0.25) is 0 Å². The summed E-state index contributed by atoms with van der Waals surface area (Å²) in [4.78, 5) is 24.4. The van der Waals surface area contributed by atoms with Crippen molar-refractivity contribution in [2.24, 2.45) is 0 Å². The van der Waals surface area contributed by atoms with Gasteiger partial charge in [-0.3, -0.25) is 4.79 Å². The minimum Gasteiger partial charge on any atom is -0.497 e. The van der Waals surface area contributed by atoms with E-state index in [9.17, 15) is 18.0 Å². The lowest BCUT2D eigenvalue weighted by molar-refractivity contribution is 0.0474. The average molecular weight is 421 g/mol. The summed E-state index contributed by atoms with van der Waals surface area (Å²) in [5.41, 5.74) is 0.310. The van der Waals surface area contributed by atoms with Gasteiger partial charge in [0.25, 0.3) is 0 Å². The van der Waals surface area contributed by atoms with Gasteiger partial charge in [0.15, 0.2) is 12.4 Å². The molecule has 0 amide bonds. The first-order valence-corrected chi connectivity index (χ1v) is 10.2. The Morgan fingerprint density at radius 2 is 1.72 bits per heavy atom. The van der Waals surface area contributed by atoms with Gasteiger partial charge < -0.3 is 14.2 Å². The van der Waals surface area contributed by atoms with Gasteiger partial charge in [-0.15, -0.1) is 0 Å². The number of rotatable bonds is 9. The lowest BCUT2D eigenvalue weighted by atomic mass is 10.1. The highest BCUT2D eigenvalue weighted by Crippen LogP contribution is 2.25. The third-order valence-corrected chi connectivity index (χ3v) is 5.49. The highest BCUT2D eigenvalue weighted by Gasteiger charge is 2.23. The number of hydrogen-bond donors (Lipinski definition) is 1. The van der Waals surface area contributed by atoms with Crippen molar-refractivity contribution in [1.82, 2.24) is 4.72 Å². The molecule has 2 aromatic rings. The summed E-state index contributed by atoms with van der Waals surface area (Å²) >= 11 is 0. The molecule has 0 unspecified atom stereocenters. The predicted octanol–water partition coefficient (Wildman–Crippen LogP) is 2.43. The molecule has 0 spiro atoms. The molecule has 0 aliphatic carbocycles. The lowest BCUT2D eigenvalue weighted by Gasteiger charge is -2.14. The van der Waals surface area contributed by atoms with Crippen LogP contribution < -0.4 is 14.2 Å². The quantitative estimate of drug-likeness (QED) is 0.489. The van der Waals surface area contributed by atoms with Crippen LogP contribution >= 0.6 is 0 Å². The number of esters is 1. The SMILES string of the molecule is COc1cccc(C(=O)COC(=O)c2ccc(OC)c(S(=O)(=O)NC(C)C)c2)c1. The number of nitrogens with one attached hydrogen (secondary N) is 1. The Balaban J connectivity index is 2.18. The Morgan fingerprint density at radius 1 is 1.00 bits per heavy atom. The van der Waals surface area contributed by atoms with Crippen molar-refractivity contribution in [1.29, 1.82) is 0 Å². The van der Waals surface area contributed by atoms with E-state index in [1.165, 1.54) is 32.4 Å². The van der Waals surface area contributed by atoms with E-state index < -0.39 is 28.4 Å². The smallest absolute Gasteiger partial charge is 0.338 e. The summed E-state index contributed by atoms with van der Waals surface area (Å²) in [5.74, 6) is -0.656. The fourth-order valence-electron chi connectivity index (χ4n) is 2.48. The van der Waals surface area contributed by atoms with Gasteiger partial charge in [-0.1, -0.05) is 12.1 Å². The molecule has 2 aromatic carbocycles. The Labute approximate surface area is 169 Å². The van der Waals surface area contributed by atoms with Gasteiger partial charge >= 0.3 is 5.97 Å². The van der Waals surface area contributed by atoms with Crippen LogP contribution in [-0.4, -0.2) is 47.0 Å². The summed E-state index contributed by atoms with van der Waals surface area (Å²) in [6.45, 7) is 2.85. The van der Waals surface area contributed by atoms with Crippen molar-refractivity contribution in [2.75, 3.05) is 20.8 Å². The Morgan fingerprint density at radius 3 is 2.34 bits per heavy atom. The Bertz CT molecular complexity index is 1000. The minimum atomic E-state index is -3.90. The topological polar surface area (TPSA) is 108 Å². The van der Waals surface area contributed by atoms with Crippen LogP contribution in [0.15, 0.2) is 47.4 Å². The molecular weight excluding hydrogens is 398 g/mol. The van der Waals surface area contributed by atoms with E-state index >= 15 is 0 Å². The van der Waals surface area contributed by atoms with Crippen molar-refractivity contribution in [3.8, 4) is 11.5 Å². The highest BCUT2D eigenvalue weighted by molar-refractivity contribution is 7.89. The molecule has 0 radical (unpaired) electrons. The molecule has 1 N–H and O–H groups in total. The second-order valence-electron chi connectivity index (χ2n) is 6.37. The van der Waals surface area contributed by atoms with Crippen molar-refractivity contribution in [3.05, 3.63) is 53.6 Å². The Hall–Kier alpha value is -2.91. The van der Waals surface area contributed by atoms with Gasteiger partial charge in [0.05, 0.1) is 19.8 Å². The first kappa shape index (κ1) is 22.4. The molecule has 9 heteroatoms. The van der Waals surface area contributed by atoms with E-state index in [2.05, 4.69) is 4.72 Å². The molecule has 0 bridgehead atoms. The molecule has 156 valence electrons. The monoisotopic (exact) mass is 421 g/mol. The molecule has 0 aromatic heterocycles. The zero-order valence-corrected chi connectivity index (χ0v) is 17.4. The summed E-state index contributed by atoms with van der Waals surface area (Å²) in [6, 6.07) is 9.98. The van der Waals surface area contributed by atoms with Crippen LogP contribution in [0.4, 0.5) is 0 Å². The van der Waals surface area contributed by atoms with Gasteiger partial charge in [0.2, 0.25) is 10.0 Å². The minimum absolute atomic E-state index is 0.0200. The zero-order valence-electron chi connectivity index (χ0n) is 16.6. The number of hydrogen-bond acceptors (Lipinski definition) is 7. The number of Topliss-reactive ketones (excluding diaryl/α,β-unsaturated/α-hetero) is 1. The van der Waals surface area contributed by atoms with Crippen molar-refractivity contribution in [3.63, 3.8) is 0 Å². The zero-order chi connectivity index (χ0) is 21.6. The van der Waals surface area contributed by atoms with Crippen LogP contribution in [-0.2, 0) is 14.8 Å². The van der Waals surface area contributed by atoms with Crippen LogP contribution in [0.3, 0.4) is 0 Å². The summed E-state index contributed by atoms with van der Waals surface area (Å²) in [6.07, 6.45) is 0. The van der Waals surface area contributed by atoms with Crippen LogP contribution in [0, 0.1) is 0 Å². The Kier molecular flexibility index (Phi) is 7.35. The maximum absolute atomic E-state index is 12.5. The number of carbonyl (C=O) groups excluding carboxylic acids is 2. The molecule has 0 fully saturated rings. The van der Waals surface area contributed by atoms with Gasteiger partial charge in [-0.05, 0) is 44.2 Å². The first-order valence-electron chi connectivity index (χ1n) is 8.72. The molecule has 29 heavy (non-hydrogen) atoms. The summed E-state index contributed by atoms with van der Waals surface area (Å²) in [5, 5.41) is 0. The third-order valence-electron chi connectivity index (χ3n) is 3.81. The number of carbonyl (C=O) groups is 2. The lowest BCUT2D eigenvalue weighted by Crippen LogP contribution is -2.30. The second-order valence-corrected chi connectivity index (χ2v) is 8.06. The third kappa shape index (κ3) is 5.78. The fraction of sp³-hybridized carbons (Fsp3) is 0.300. The van der Waals surface area contributed by atoms with Gasteiger partial charge in [0.1, 0.15) is 16.4 Å². The van der Waals surface area contributed by atoms with E-state index in [0.717, 1.165) is 6.07 Å². The molecule has 0 saturated carbocycles. The first-order chi connectivity index (χ1) is 13.7. The predicted molar refractivity (Wildman–Crippen MR) is 106 cm³/mol. The maximum Gasteiger partial charge on any atom is 0.338 e. The van der Waals surface area contributed by atoms with Gasteiger partial charge in [-0.2, -0.15) is 0 Å². The number of ketones is 1. The molecule has 0 heterocycles. The molecule has 0 aliphatic heterocycles. The van der Waals surface area contributed by atoms with E-state index in [1.807, 2.05) is 0 Å². The normalized spacial score (nSPS) is 11.2. The molecule has 2 rings (SSSR count).